The molecule has 3 aromatic carbocycles. The first-order valence-corrected chi connectivity index (χ1v) is 9.18. The molecule has 3 rings (SSSR count). The zero-order valence-electron chi connectivity index (χ0n) is 16.4. The van der Waals surface area contributed by atoms with E-state index in [-0.39, 0.29) is 28.4 Å². The maximum atomic E-state index is 13.7. The number of anilines is 2. The number of hydrogen-bond acceptors (Lipinski definition) is 5. The topological polar surface area (TPSA) is 111 Å². The lowest BCUT2D eigenvalue weighted by atomic mass is 10.1. The number of amides is 2. The van der Waals surface area contributed by atoms with Gasteiger partial charge in [-0.25, -0.2) is 4.39 Å². The summed E-state index contributed by atoms with van der Waals surface area (Å²) in [7, 11) is 0. The van der Waals surface area contributed by atoms with E-state index in [0.29, 0.717) is 5.56 Å². The molecule has 0 aliphatic carbocycles. The number of rotatable bonds is 7. The molecule has 0 aliphatic heterocycles. The SMILES string of the molecule is Cc1ccc([N+](=O)[O-])cc1NC(=O)c1ccccc1OCC(=O)Nc1ccccc1F. The Balaban J connectivity index is 1.71. The van der Waals surface area contributed by atoms with E-state index in [0.717, 1.165) is 0 Å². The number of benzene rings is 3. The minimum absolute atomic E-state index is 0.0169. The first kappa shape index (κ1) is 21.4. The molecule has 9 heteroatoms. The van der Waals surface area contributed by atoms with E-state index in [4.69, 9.17) is 4.74 Å². The molecule has 31 heavy (non-hydrogen) atoms. The highest BCUT2D eigenvalue weighted by Crippen LogP contribution is 2.25. The quantitative estimate of drug-likeness (QED) is 0.435. The number of para-hydroxylation sites is 2. The molecule has 0 aromatic heterocycles. The van der Waals surface area contributed by atoms with Crippen LogP contribution in [-0.4, -0.2) is 23.3 Å². The molecule has 0 radical (unpaired) electrons. The van der Waals surface area contributed by atoms with Gasteiger partial charge in [-0.3, -0.25) is 19.7 Å². The fraction of sp³-hybridized carbons (Fsp3) is 0.0909. The molecule has 0 bridgehead atoms. The molecule has 0 heterocycles. The second-order valence-corrected chi connectivity index (χ2v) is 6.52. The van der Waals surface area contributed by atoms with Crippen molar-refractivity contribution in [2.24, 2.45) is 0 Å². The van der Waals surface area contributed by atoms with E-state index in [1.807, 2.05) is 0 Å². The number of nitrogens with one attached hydrogen (secondary N) is 2. The monoisotopic (exact) mass is 423 g/mol. The highest BCUT2D eigenvalue weighted by atomic mass is 19.1. The lowest BCUT2D eigenvalue weighted by molar-refractivity contribution is -0.384. The third-order valence-electron chi connectivity index (χ3n) is 4.32. The normalized spacial score (nSPS) is 10.3. The van der Waals surface area contributed by atoms with Gasteiger partial charge >= 0.3 is 0 Å². The van der Waals surface area contributed by atoms with Crippen LogP contribution in [0.25, 0.3) is 0 Å². The molecule has 0 spiro atoms. The summed E-state index contributed by atoms with van der Waals surface area (Å²) in [5.41, 5.74) is 0.915. The summed E-state index contributed by atoms with van der Waals surface area (Å²) in [6.45, 7) is 1.25. The molecule has 0 atom stereocenters. The van der Waals surface area contributed by atoms with Crippen molar-refractivity contribution in [3.63, 3.8) is 0 Å². The Morgan fingerprint density at radius 3 is 2.45 bits per heavy atom. The van der Waals surface area contributed by atoms with Gasteiger partial charge in [-0.05, 0) is 36.8 Å². The molecule has 0 saturated heterocycles. The van der Waals surface area contributed by atoms with Gasteiger partial charge in [0, 0.05) is 12.1 Å². The van der Waals surface area contributed by atoms with E-state index in [9.17, 15) is 24.1 Å². The summed E-state index contributed by atoms with van der Waals surface area (Å²) < 4.78 is 19.1. The molecular weight excluding hydrogens is 405 g/mol. The minimum Gasteiger partial charge on any atom is -0.483 e. The van der Waals surface area contributed by atoms with Crippen LogP contribution in [0.4, 0.5) is 21.5 Å². The van der Waals surface area contributed by atoms with Gasteiger partial charge in [-0.15, -0.1) is 0 Å². The molecule has 8 nitrogen and oxygen atoms in total. The van der Waals surface area contributed by atoms with E-state index in [1.54, 1.807) is 25.1 Å². The molecule has 0 saturated carbocycles. The van der Waals surface area contributed by atoms with Crippen LogP contribution < -0.4 is 15.4 Å². The van der Waals surface area contributed by atoms with Crippen molar-refractivity contribution >= 4 is 28.9 Å². The number of hydrogen-bond donors (Lipinski definition) is 2. The van der Waals surface area contributed by atoms with Crippen LogP contribution in [0.2, 0.25) is 0 Å². The van der Waals surface area contributed by atoms with Crippen molar-refractivity contribution in [3.05, 3.63) is 93.8 Å². The van der Waals surface area contributed by atoms with Gasteiger partial charge in [0.25, 0.3) is 17.5 Å². The summed E-state index contributed by atoms with van der Waals surface area (Å²) in [5.74, 6) is -1.61. The fourth-order valence-electron chi connectivity index (χ4n) is 2.72. The second-order valence-electron chi connectivity index (χ2n) is 6.52. The number of carbonyl (C=O) groups is 2. The van der Waals surface area contributed by atoms with Crippen molar-refractivity contribution in [3.8, 4) is 5.75 Å². The predicted octanol–water partition coefficient (Wildman–Crippen LogP) is 4.31. The van der Waals surface area contributed by atoms with Gasteiger partial charge in [0.15, 0.2) is 6.61 Å². The average Bonchev–Trinajstić information content (AvgIpc) is 2.75. The Hall–Kier alpha value is -4.27. The highest BCUT2D eigenvalue weighted by Gasteiger charge is 2.16. The number of nitrogens with zero attached hydrogens (tertiary/aromatic N) is 1. The number of aryl methyl sites for hydroxylation is 1. The number of non-ortho nitro benzene ring substituents is 1. The van der Waals surface area contributed by atoms with Crippen LogP contribution in [0.15, 0.2) is 66.7 Å². The molecule has 158 valence electrons. The van der Waals surface area contributed by atoms with Gasteiger partial charge in [0.2, 0.25) is 0 Å². The average molecular weight is 423 g/mol. The van der Waals surface area contributed by atoms with Crippen molar-refractivity contribution < 1.29 is 23.6 Å². The zero-order valence-corrected chi connectivity index (χ0v) is 16.4. The molecule has 0 unspecified atom stereocenters. The first-order valence-electron chi connectivity index (χ1n) is 9.18. The Bertz CT molecular complexity index is 1150. The van der Waals surface area contributed by atoms with E-state index in [2.05, 4.69) is 10.6 Å². The number of nitro benzene ring substituents is 1. The largest absolute Gasteiger partial charge is 0.483 e. The first-order chi connectivity index (χ1) is 14.8. The number of carbonyl (C=O) groups excluding carboxylic acids is 2. The Kier molecular flexibility index (Phi) is 6.56. The van der Waals surface area contributed by atoms with Crippen LogP contribution in [-0.2, 0) is 4.79 Å². The van der Waals surface area contributed by atoms with Gasteiger partial charge in [-0.1, -0.05) is 30.3 Å². The van der Waals surface area contributed by atoms with Crippen LogP contribution in [0.1, 0.15) is 15.9 Å². The van der Waals surface area contributed by atoms with Crippen molar-refractivity contribution in [1.82, 2.24) is 0 Å². The maximum absolute atomic E-state index is 13.7. The lowest BCUT2D eigenvalue weighted by Gasteiger charge is -2.13. The standard InChI is InChI=1S/C22H18FN3O5/c1-14-10-11-15(26(29)30)12-19(14)25-22(28)16-6-2-5-9-20(16)31-13-21(27)24-18-8-4-3-7-17(18)23/h2-12H,13H2,1H3,(H,24,27)(H,25,28). The summed E-state index contributed by atoms with van der Waals surface area (Å²) >= 11 is 0. The van der Waals surface area contributed by atoms with Crippen molar-refractivity contribution in [1.29, 1.82) is 0 Å². The van der Waals surface area contributed by atoms with E-state index >= 15 is 0 Å². The Morgan fingerprint density at radius 2 is 1.71 bits per heavy atom. The van der Waals surface area contributed by atoms with Gasteiger partial charge in [0.1, 0.15) is 11.6 Å². The smallest absolute Gasteiger partial charge is 0.271 e. The molecule has 2 amide bonds. The highest BCUT2D eigenvalue weighted by molar-refractivity contribution is 6.06. The number of ether oxygens (including phenoxy) is 1. The lowest BCUT2D eigenvalue weighted by Crippen LogP contribution is -2.22. The molecule has 0 fully saturated rings. The predicted molar refractivity (Wildman–Crippen MR) is 113 cm³/mol. The van der Waals surface area contributed by atoms with Gasteiger partial charge in [-0.2, -0.15) is 0 Å². The van der Waals surface area contributed by atoms with Crippen molar-refractivity contribution in [2.75, 3.05) is 17.2 Å². The van der Waals surface area contributed by atoms with Gasteiger partial charge < -0.3 is 15.4 Å². The summed E-state index contributed by atoms with van der Waals surface area (Å²) in [5, 5.41) is 16.0. The second kappa shape index (κ2) is 9.49. The van der Waals surface area contributed by atoms with Crippen LogP contribution >= 0.6 is 0 Å². The summed E-state index contributed by atoms with van der Waals surface area (Å²) in [6.07, 6.45) is 0. The van der Waals surface area contributed by atoms with Crippen LogP contribution in [0.3, 0.4) is 0 Å². The molecule has 3 aromatic rings. The van der Waals surface area contributed by atoms with Crippen LogP contribution in [0.5, 0.6) is 5.75 Å². The van der Waals surface area contributed by atoms with E-state index in [1.165, 1.54) is 48.5 Å². The fourth-order valence-corrected chi connectivity index (χ4v) is 2.72. The van der Waals surface area contributed by atoms with Crippen molar-refractivity contribution in [2.45, 2.75) is 6.92 Å². The van der Waals surface area contributed by atoms with Crippen LogP contribution in [0, 0.1) is 22.9 Å². The number of halogens is 1. The zero-order chi connectivity index (χ0) is 22.4. The molecular formula is C22H18FN3O5. The van der Waals surface area contributed by atoms with Gasteiger partial charge in [0.05, 0.1) is 21.9 Å². The molecule has 2 N–H and O–H groups in total. The van der Waals surface area contributed by atoms with E-state index < -0.39 is 29.2 Å². The third kappa shape index (κ3) is 5.41. The third-order valence-corrected chi connectivity index (χ3v) is 4.32. The maximum Gasteiger partial charge on any atom is 0.271 e. The summed E-state index contributed by atoms with van der Waals surface area (Å²) in [4.78, 5) is 35.3. The molecule has 0 aliphatic rings. The number of nitro groups is 1. The Labute approximate surface area is 176 Å². The summed E-state index contributed by atoms with van der Waals surface area (Å²) in [6, 6.07) is 16.1. The minimum atomic E-state index is -0.602. The Morgan fingerprint density at radius 1 is 1.00 bits per heavy atom.